The van der Waals surface area contributed by atoms with Crippen LogP contribution < -0.4 is 20.6 Å². The molecule has 0 aliphatic carbocycles. The van der Waals surface area contributed by atoms with E-state index >= 15 is 0 Å². The van der Waals surface area contributed by atoms with E-state index in [0.717, 1.165) is 39.0 Å². The van der Waals surface area contributed by atoms with E-state index in [1.807, 2.05) is 0 Å². The molecule has 1 amide bonds. The van der Waals surface area contributed by atoms with E-state index in [0.29, 0.717) is 24.1 Å². The van der Waals surface area contributed by atoms with Crippen LogP contribution in [0.15, 0.2) is 18.2 Å². The summed E-state index contributed by atoms with van der Waals surface area (Å²) in [4.78, 5) is 26.0. The van der Waals surface area contributed by atoms with Gasteiger partial charge in [0.15, 0.2) is 0 Å². The molecule has 0 unspecified atom stereocenters. The summed E-state index contributed by atoms with van der Waals surface area (Å²) < 4.78 is 5.44. The third-order valence-corrected chi connectivity index (χ3v) is 5.76. The van der Waals surface area contributed by atoms with Gasteiger partial charge in [0.25, 0.3) is 0 Å². The van der Waals surface area contributed by atoms with E-state index < -0.39 is 19.0 Å². The third-order valence-electron chi connectivity index (χ3n) is 5.76. The van der Waals surface area contributed by atoms with Crippen LogP contribution in [-0.2, 0) is 11.2 Å². The van der Waals surface area contributed by atoms with Gasteiger partial charge >= 0.3 is 13.1 Å². The Labute approximate surface area is 183 Å². The van der Waals surface area contributed by atoms with Gasteiger partial charge in [0.05, 0.1) is 18.0 Å². The second kappa shape index (κ2) is 10.9. The fourth-order valence-electron chi connectivity index (χ4n) is 4.10. The number of amides is 1. The van der Waals surface area contributed by atoms with Gasteiger partial charge in [0.2, 0.25) is 5.91 Å². The molecule has 1 aromatic carbocycles. The molecule has 0 spiro atoms. The van der Waals surface area contributed by atoms with Crippen LogP contribution in [0.2, 0.25) is 0 Å². The number of likely N-dealkylation sites (tertiary alicyclic amines) is 1. The van der Waals surface area contributed by atoms with Crippen LogP contribution in [0.3, 0.4) is 0 Å². The number of carboxylic acids is 1. The first kappa shape index (κ1) is 23.5. The first-order valence-electron chi connectivity index (χ1n) is 11.0. The number of carbonyl (C=O) groups excluding carboxylic acids is 1. The molecular weight excluding hydrogens is 399 g/mol. The fourth-order valence-corrected chi connectivity index (χ4v) is 4.10. The largest absolute Gasteiger partial charge is 0.547 e. The quantitative estimate of drug-likeness (QED) is 0.270. The van der Waals surface area contributed by atoms with Crippen molar-refractivity contribution in [2.45, 2.75) is 51.1 Å². The molecule has 0 saturated carbocycles. The Morgan fingerprint density at radius 1 is 1.26 bits per heavy atom. The molecule has 0 aromatic heterocycles. The van der Waals surface area contributed by atoms with E-state index in [1.165, 1.54) is 6.07 Å². The normalized spacial score (nSPS) is 19.7. The highest BCUT2D eigenvalue weighted by Gasteiger charge is 2.38. The van der Waals surface area contributed by atoms with Crippen molar-refractivity contribution in [3.05, 3.63) is 29.3 Å². The van der Waals surface area contributed by atoms with Gasteiger partial charge in [-0.05, 0) is 30.9 Å². The Balaban J connectivity index is 1.42. The molecule has 31 heavy (non-hydrogen) atoms. The highest BCUT2D eigenvalue weighted by Crippen LogP contribution is 2.30. The highest BCUT2D eigenvalue weighted by molar-refractivity contribution is 6.47. The van der Waals surface area contributed by atoms with Gasteiger partial charge < -0.3 is 30.7 Å². The number of rotatable bonds is 9. The molecule has 2 aliphatic rings. The molecule has 0 bridgehead atoms. The smallest absolute Gasteiger partial charge is 0.534 e. The van der Waals surface area contributed by atoms with Gasteiger partial charge in [0, 0.05) is 38.3 Å². The number of nitrogens with one attached hydrogen (secondary N) is 3. The van der Waals surface area contributed by atoms with Gasteiger partial charge in [-0.25, -0.2) is 4.79 Å². The van der Waals surface area contributed by atoms with Crippen molar-refractivity contribution in [1.29, 1.82) is 0 Å². The second-order valence-electron chi connectivity index (χ2n) is 8.60. The van der Waals surface area contributed by atoms with Crippen molar-refractivity contribution < 1.29 is 24.4 Å². The number of aromatic carboxylic acids is 1. The van der Waals surface area contributed by atoms with Crippen LogP contribution >= 0.6 is 0 Å². The number of carbonyl (C=O) groups is 2. The predicted octanol–water partition coefficient (Wildman–Crippen LogP) is -0.124. The zero-order valence-electron chi connectivity index (χ0n) is 18.3. The zero-order chi connectivity index (χ0) is 22.4. The molecule has 5 N–H and O–H groups in total. The summed E-state index contributed by atoms with van der Waals surface area (Å²) in [5.74, 6) is -1.72. The van der Waals surface area contributed by atoms with E-state index in [1.54, 1.807) is 12.1 Å². The second-order valence-corrected chi connectivity index (χ2v) is 8.60. The maximum atomic E-state index is 12.5. The summed E-state index contributed by atoms with van der Waals surface area (Å²) in [5, 5.41) is 29.4. The monoisotopic (exact) mass is 432 g/mol. The number of para-hydroxylation sites is 1. The highest BCUT2D eigenvalue weighted by atomic mass is 16.5. The number of nitrogens with zero attached hydrogens (tertiary/aromatic N) is 1. The Kier molecular flexibility index (Phi) is 8.31. The van der Waals surface area contributed by atoms with E-state index in [-0.39, 0.29) is 23.8 Å². The Morgan fingerprint density at radius 3 is 2.68 bits per heavy atom. The average molecular weight is 432 g/mol. The summed E-state index contributed by atoms with van der Waals surface area (Å²) >= 11 is 0. The number of hydrogen-bond donors (Lipinski definition) is 5. The van der Waals surface area contributed by atoms with Crippen molar-refractivity contribution >= 4 is 19.0 Å². The number of carboxylic acid groups (broad SMARTS) is 1. The SMILES string of the molecule is CC(C)NCCNC1CCN(CC(=O)N[C@H]2Cc3cccc(C(=O)O)c3OB2O)CC1. The summed E-state index contributed by atoms with van der Waals surface area (Å²) in [6.07, 6.45) is 2.31. The minimum atomic E-state index is -1.29. The molecule has 1 fully saturated rings. The van der Waals surface area contributed by atoms with Crippen molar-refractivity contribution in [1.82, 2.24) is 20.9 Å². The predicted molar refractivity (Wildman–Crippen MR) is 118 cm³/mol. The lowest BCUT2D eigenvalue weighted by Crippen LogP contribution is -2.55. The Bertz CT molecular complexity index is 770. The number of hydrogen-bond acceptors (Lipinski definition) is 7. The lowest BCUT2D eigenvalue weighted by molar-refractivity contribution is -0.123. The molecule has 3 rings (SSSR count). The molecule has 170 valence electrons. The first-order valence-corrected chi connectivity index (χ1v) is 11.0. The molecule has 1 aromatic rings. The van der Waals surface area contributed by atoms with Crippen molar-refractivity contribution in [2.24, 2.45) is 0 Å². The number of piperidine rings is 1. The summed E-state index contributed by atoms with van der Waals surface area (Å²) in [5.41, 5.74) is 0.673. The lowest BCUT2D eigenvalue weighted by Gasteiger charge is -2.33. The maximum absolute atomic E-state index is 12.5. The summed E-state index contributed by atoms with van der Waals surface area (Å²) in [6, 6.07) is 5.79. The van der Waals surface area contributed by atoms with Crippen molar-refractivity contribution in [3.63, 3.8) is 0 Å². The molecule has 9 nitrogen and oxygen atoms in total. The third kappa shape index (κ3) is 6.67. The minimum absolute atomic E-state index is 0.0118. The maximum Gasteiger partial charge on any atom is 0.547 e. The van der Waals surface area contributed by atoms with E-state index in [4.69, 9.17) is 4.65 Å². The van der Waals surface area contributed by atoms with Gasteiger partial charge in [0.1, 0.15) is 5.75 Å². The number of benzene rings is 1. The molecule has 1 atom stereocenters. The fraction of sp³-hybridized carbons (Fsp3) is 0.619. The van der Waals surface area contributed by atoms with Gasteiger partial charge in [-0.15, -0.1) is 0 Å². The summed E-state index contributed by atoms with van der Waals surface area (Å²) in [6.45, 7) is 8.11. The molecule has 2 aliphatic heterocycles. The van der Waals surface area contributed by atoms with Crippen molar-refractivity contribution in [3.8, 4) is 5.75 Å². The first-order chi connectivity index (χ1) is 14.8. The van der Waals surface area contributed by atoms with Gasteiger partial charge in [-0.3, -0.25) is 9.69 Å². The minimum Gasteiger partial charge on any atom is -0.534 e. The molecular formula is C21H33BN4O5. The average Bonchev–Trinajstić information content (AvgIpc) is 2.72. The standard InChI is InChI=1S/C21H33BN4O5/c1-14(2)23-8-9-24-16-6-10-26(11-7-16)13-19(27)25-18-12-15-4-3-5-17(21(28)29)20(15)31-22(18)30/h3-5,14,16,18,23-24,30H,6-13H2,1-2H3,(H,25,27)(H,28,29)/t18-/m0/s1. The summed E-state index contributed by atoms with van der Waals surface area (Å²) in [7, 11) is -1.29. The van der Waals surface area contributed by atoms with Crippen LogP contribution in [0.5, 0.6) is 5.75 Å². The molecule has 0 radical (unpaired) electrons. The van der Waals surface area contributed by atoms with Crippen LogP contribution in [0, 0.1) is 0 Å². The lowest BCUT2D eigenvalue weighted by atomic mass is 9.72. The zero-order valence-corrected chi connectivity index (χ0v) is 18.3. The Morgan fingerprint density at radius 2 is 2.00 bits per heavy atom. The molecule has 10 heteroatoms. The van der Waals surface area contributed by atoms with Crippen LogP contribution in [0.1, 0.15) is 42.6 Å². The van der Waals surface area contributed by atoms with E-state index in [2.05, 4.69) is 34.7 Å². The van der Waals surface area contributed by atoms with Crippen LogP contribution in [0.25, 0.3) is 0 Å². The van der Waals surface area contributed by atoms with E-state index in [9.17, 15) is 19.7 Å². The van der Waals surface area contributed by atoms with Crippen LogP contribution in [-0.4, -0.2) is 84.8 Å². The molecule has 1 saturated heterocycles. The van der Waals surface area contributed by atoms with Crippen LogP contribution in [0.4, 0.5) is 0 Å². The van der Waals surface area contributed by atoms with Gasteiger partial charge in [-0.1, -0.05) is 26.0 Å². The number of fused-ring (bicyclic) bond motifs is 1. The van der Waals surface area contributed by atoms with Gasteiger partial charge in [-0.2, -0.15) is 0 Å². The van der Waals surface area contributed by atoms with Crippen molar-refractivity contribution in [2.75, 3.05) is 32.7 Å². The topological polar surface area (TPSA) is 123 Å². The Hall–Kier alpha value is -2.14. The molecule has 2 heterocycles.